The summed E-state index contributed by atoms with van der Waals surface area (Å²) in [5, 5.41) is 2.83. The van der Waals surface area contributed by atoms with E-state index in [0.29, 0.717) is 13.0 Å². The molecule has 6 nitrogen and oxygen atoms in total. The Hall–Kier alpha value is -2.02. The molecule has 3 amide bonds. The number of carbonyl (C=O) groups is 3. The first-order valence-electron chi connectivity index (χ1n) is 9.78. The van der Waals surface area contributed by atoms with E-state index in [1.165, 1.54) is 16.7 Å². The van der Waals surface area contributed by atoms with Crippen LogP contribution in [-0.4, -0.2) is 52.3 Å². The lowest BCUT2D eigenvalue weighted by Gasteiger charge is -2.15. The van der Waals surface area contributed by atoms with Crippen molar-refractivity contribution in [2.45, 2.75) is 63.6 Å². The van der Waals surface area contributed by atoms with Crippen molar-refractivity contribution >= 4 is 29.5 Å². The molecule has 1 N–H and O–H groups in total. The van der Waals surface area contributed by atoms with Gasteiger partial charge in [0.05, 0.1) is 11.4 Å². The van der Waals surface area contributed by atoms with Gasteiger partial charge in [0.15, 0.2) is 0 Å². The second kappa shape index (κ2) is 10.5. The molecular formula is C21H30N2O4S. The van der Waals surface area contributed by atoms with Crippen LogP contribution in [-0.2, 0) is 20.8 Å². The first-order chi connectivity index (χ1) is 13.3. The predicted molar refractivity (Wildman–Crippen MR) is 111 cm³/mol. The maximum absolute atomic E-state index is 12.3. The van der Waals surface area contributed by atoms with E-state index in [0.717, 1.165) is 11.3 Å². The summed E-state index contributed by atoms with van der Waals surface area (Å²) in [5.41, 5.74) is 1.11. The summed E-state index contributed by atoms with van der Waals surface area (Å²) in [5.74, 6) is 0.330. The van der Waals surface area contributed by atoms with Crippen molar-refractivity contribution in [3.63, 3.8) is 0 Å². The molecule has 7 heteroatoms. The van der Waals surface area contributed by atoms with E-state index < -0.39 is 0 Å². The van der Waals surface area contributed by atoms with Crippen LogP contribution >= 0.6 is 11.8 Å². The number of benzene rings is 1. The number of hydrogen-bond donors (Lipinski definition) is 1. The molecule has 1 aliphatic heterocycles. The van der Waals surface area contributed by atoms with E-state index in [2.05, 4.69) is 5.32 Å². The molecular weight excluding hydrogens is 376 g/mol. The Morgan fingerprint density at radius 2 is 1.89 bits per heavy atom. The van der Waals surface area contributed by atoms with Gasteiger partial charge < -0.3 is 10.1 Å². The zero-order chi connectivity index (χ0) is 20.7. The van der Waals surface area contributed by atoms with Crippen molar-refractivity contribution in [3.8, 4) is 5.75 Å². The van der Waals surface area contributed by atoms with Crippen LogP contribution in [0.4, 0.5) is 0 Å². The van der Waals surface area contributed by atoms with E-state index in [1.54, 1.807) is 0 Å². The van der Waals surface area contributed by atoms with Crippen molar-refractivity contribution in [3.05, 3.63) is 29.8 Å². The molecule has 0 aliphatic carbocycles. The van der Waals surface area contributed by atoms with E-state index >= 15 is 0 Å². The van der Waals surface area contributed by atoms with E-state index in [9.17, 15) is 14.4 Å². The number of rotatable bonds is 10. The third kappa shape index (κ3) is 6.86. The second-order valence-corrected chi connectivity index (χ2v) is 9.21. The summed E-state index contributed by atoms with van der Waals surface area (Å²) in [6.45, 7) is 8.63. The molecule has 0 aromatic heterocycles. The molecule has 1 aromatic rings. The van der Waals surface area contributed by atoms with Gasteiger partial charge in [0, 0.05) is 25.9 Å². The quantitative estimate of drug-likeness (QED) is 0.605. The van der Waals surface area contributed by atoms with Crippen LogP contribution < -0.4 is 10.1 Å². The molecule has 0 bridgehead atoms. The first kappa shape index (κ1) is 22.3. The number of amides is 3. The highest BCUT2D eigenvalue weighted by atomic mass is 32.2. The third-order valence-corrected chi connectivity index (χ3v) is 5.47. The van der Waals surface area contributed by atoms with Gasteiger partial charge in [-0.1, -0.05) is 26.0 Å². The number of carbonyl (C=O) groups excluding carboxylic acids is 3. The van der Waals surface area contributed by atoms with Crippen molar-refractivity contribution in [2.24, 2.45) is 0 Å². The van der Waals surface area contributed by atoms with Crippen LogP contribution in [0.1, 0.15) is 46.1 Å². The lowest BCUT2D eigenvalue weighted by molar-refractivity contribution is -0.138. The molecule has 154 valence electrons. The molecule has 1 aromatic carbocycles. The Balaban J connectivity index is 1.70. The third-order valence-electron chi connectivity index (χ3n) is 4.23. The molecule has 0 radical (unpaired) electrons. The average Bonchev–Trinajstić information content (AvgIpc) is 2.87. The Morgan fingerprint density at radius 1 is 1.21 bits per heavy atom. The number of nitrogens with zero attached hydrogens (tertiary/aromatic N) is 1. The lowest BCUT2D eigenvalue weighted by atomic mass is 10.1. The van der Waals surface area contributed by atoms with Gasteiger partial charge in [-0.05, 0) is 43.2 Å². The number of thioether (sulfide) groups is 1. The fourth-order valence-electron chi connectivity index (χ4n) is 2.98. The molecule has 1 saturated heterocycles. The van der Waals surface area contributed by atoms with Crippen molar-refractivity contribution in [2.75, 3.05) is 13.1 Å². The smallest absolute Gasteiger partial charge is 0.242 e. The highest BCUT2D eigenvalue weighted by Gasteiger charge is 2.39. The summed E-state index contributed by atoms with van der Waals surface area (Å²) in [7, 11) is 0. The highest BCUT2D eigenvalue weighted by molar-refractivity contribution is 8.01. The van der Waals surface area contributed by atoms with E-state index in [4.69, 9.17) is 4.74 Å². The zero-order valence-corrected chi connectivity index (χ0v) is 17.9. The van der Waals surface area contributed by atoms with E-state index in [1.807, 2.05) is 52.0 Å². The minimum absolute atomic E-state index is 0.137. The topological polar surface area (TPSA) is 75.7 Å². The SMILES string of the molecule is CC(C)Oc1ccc(CCNC(=O)CCN2C(=O)CC(SC(C)C)C2=O)cc1. The lowest BCUT2D eigenvalue weighted by Crippen LogP contribution is -2.36. The first-order valence-corrected chi connectivity index (χ1v) is 10.7. The molecule has 28 heavy (non-hydrogen) atoms. The second-order valence-electron chi connectivity index (χ2n) is 7.42. The Labute approximate surface area is 171 Å². The minimum atomic E-state index is -0.307. The highest BCUT2D eigenvalue weighted by Crippen LogP contribution is 2.28. The number of imide groups is 1. The van der Waals surface area contributed by atoms with Crippen LogP contribution in [0.5, 0.6) is 5.75 Å². The number of ether oxygens (including phenoxy) is 1. The average molecular weight is 407 g/mol. The van der Waals surface area contributed by atoms with Gasteiger partial charge in [0.1, 0.15) is 5.75 Å². The zero-order valence-electron chi connectivity index (χ0n) is 17.1. The molecule has 1 aliphatic rings. The molecule has 1 atom stereocenters. The van der Waals surface area contributed by atoms with Crippen LogP contribution in [0.15, 0.2) is 24.3 Å². The number of nitrogens with one attached hydrogen (secondary N) is 1. The Bertz CT molecular complexity index is 688. The van der Waals surface area contributed by atoms with Gasteiger partial charge in [-0.3, -0.25) is 19.3 Å². The molecule has 0 saturated carbocycles. The molecule has 1 fully saturated rings. The maximum atomic E-state index is 12.3. The normalized spacial score (nSPS) is 16.9. The molecule has 2 rings (SSSR count). The van der Waals surface area contributed by atoms with Gasteiger partial charge >= 0.3 is 0 Å². The number of hydrogen-bond acceptors (Lipinski definition) is 5. The van der Waals surface area contributed by atoms with Crippen LogP contribution in [0.25, 0.3) is 0 Å². The van der Waals surface area contributed by atoms with E-state index in [-0.39, 0.29) is 53.7 Å². The van der Waals surface area contributed by atoms with Crippen molar-refractivity contribution in [1.29, 1.82) is 0 Å². The summed E-state index contributed by atoms with van der Waals surface area (Å²) in [4.78, 5) is 37.6. The van der Waals surface area contributed by atoms with Gasteiger partial charge in [-0.2, -0.15) is 0 Å². The van der Waals surface area contributed by atoms with Crippen LogP contribution in [0.2, 0.25) is 0 Å². The summed E-state index contributed by atoms with van der Waals surface area (Å²) >= 11 is 1.51. The van der Waals surface area contributed by atoms with Crippen LogP contribution in [0.3, 0.4) is 0 Å². The minimum Gasteiger partial charge on any atom is -0.491 e. The largest absolute Gasteiger partial charge is 0.491 e. The van der Waals surface area contributed by atoms with Crippen molar-refractivity contribution < 1.29 is 19.1 Å². The van der Waals surface area contributed by atoms with Crippen molar-refractivity contribution in [1.82, 2.24) is 10.2 Å². The summed E-state index contributed by atoms with van der Waals surface area (Å²) < 4.78 is 5.61. The van der Waals surface area contributed by atoms with Gasteiger partial charge in [-0.15, -0.1) is 11.8 Å². The monoisotopic (exact) mass is 406 g/mol. The Kier molecular flexibility index (Phi) is 8.35. The molecule has 1 unspecified atom stereocenters. The van der Waals surface area contributed by atoms with Crippen LogP contribution in [0, 0.1) is 0 Å². The summed E-state index contributed by atoms with van der Waals surface area (Å²) in [6.07, 6.45) is 1.22. The number of likely N-dealkylation sites (tertiary alicyclic amines) is 1. The fourth-order valence-corrected chi connectivity index (χ4v) is 4.12. The molecule has 0 spiro atoms. The standard InChI is InChI=1S/C21H30N2O4S/c1-14(2)27-17-7-5-16(6-8-17)9-11-22-19(24)10-12-23-20(25)13-18(21(23)26)28-15(3)4/h5-8,14-15,18H,9-13H2,1-4H3,(H,22,24). The predicted octanol–water partition coefficient (Wildman–Crippen LogP) is 2.79. The summed E-state index contributed by atoms with van der Waals surface area (Å²) in [6, 6.07) is 7.82. The van der Waals surface area contributed by atoms with Gasteiger partial charge in [0.2, 0.25) is 17.7 Å². The maximum Gasteiger partial charge on any atom is 0.242 e. The molecule has 1 heterocycles. The van der Waals surface area contributed by atoms with Gasteiger partial charge in [0.25, 0.3) is 0 Å². The van der Waals surface area contributed by atoms with Gasteiger partial charge in [-0.25, -0.2) is 0 Å². The fraction of sp³-hybridized carbons (Fsp3) is 0.571. The Morgan fingerprint density at radius 3 is 2.50 bits per heavy atom.